The third-order valence-electron chi connectivity index (χ3n) is 6.31. The number of hydrogen-bond acceptors (Lipinski definition) is 2. The lowest BCUT2D eigenvalue weighted by molar-refractivity contribution is 0.425. The van der Waals surface area contributed by atoms with E-state index < -0.39 is 0 Å². The summed E-state index contributed by atoms with van der Waals surface area (Å²) < 4.78 is 0. The van der Waals surface area contributed by atoms with Crippen LogP contribution in [0.3, 0.4) is 0 Å². The van der Waals surface area contributed by atoms with Gasteiger partial charge in [-0.1, -0.05) is 66.2 Å². The van der Waals surface area contributed by atoms with E-state index in [4.69, 9.17) is 0 Å². The van der Waals surface area contributed by atoms with Crippen LogP contribution in [-0.2, 0) is 0 Å². The Kier molecular flexibility index (Phi) is 4.55. The number of aryl methyl sites for hydroxylation is 2. The molecule has 144 valence electrons. The second-order valence-electron chi connectivity index (χ2n) is 8.27. The second-order valence-corrected chi connectivity index (χ2v) is 8.27. The first-order valence-electron chi connectivity index (χ1n) is 10.4. The molecule has 1 aliphatic heterocycles. The van der Waals surface area contributed by atoms with E-state index in [-0.39, 0.29) is 0 Å². The predicted octanol–water partition coefficient (Wildman–Crippen LogP) is 6.88. The summed E-state index contributed by atoms with van der Waals surface area (Å²) in [5.41, 5.74) is 8.79. The average Bonchev–Trinajstić information content (AvgIpc) is 3.23. The van der Waals surface area contributed by atoms with Crippen LogP contribution in [-0.4, -0.2) is 6.21 Å². The van der Waals surface area contributed by atoms with Crippen LogP contribution in [0.1, 0.15) is 46.2 Å². The summed E-state index contributed by atoms with van der Waals surface area (Å²) in [6, 6.07) is 24.2. The first-order chi connectivity index (χ1) is 14.2. The highest BCUT2D eigenvalue weighted by atomic mass is 15.0. The SMILES string of the molecule is Cc1ccc2c(c1)[C@@H]1C=CC[C@@H]1[C@H](c1ccc(N=Cc3ccccc3C)cc1)N2. The van der Waals surface area contributed by atoms with Crippen LogP contribution in [0.15, 0.2) is 83.9 Å². The molecule has 3 atom stereocenters. The van der Waals surface area contributed by atoms with Gasteiger partial charge < -0.3 is 5.32 Å². The Morgan fingerprint density at radius 1 is 0.966 bits per heavy atom. The van der Waals surface area contributed by atoms with Gasteiger partial charge in [0.05, 0.1) is 11.7 Å². The summed E-state index contributed by atoms with van der Waals surface area (Å²) in [5.74, 6) is 1.08. The zero-order valence-corrected chi connectivity index (χ0v) is 17.0. The number of aliphatic imine (C=N–C) groups is 1. The molecule has 0 saturated carbocycles. The normalized spacial score (nSPS) is 22.3. The Balaban J connectivity index is 1.40. The highest BCUT2D eigenvalue weighted by Gasteiger charge is 2.37. The maximum Gasteiger partial charge on any atom is 0.0630 e. The van der Waals surface area contributed by atoms with Gasteiger partial charge in [0.15, 0.2) is 0 Å². The van der Waals surface area contributed by atoms with Crippen molar-refractivity contribution in [2.45, 2.75) is 32.2 Å². The number of benzene rings is 3. The van der Waals surface area contributed by atoms with Crippen molar-refractivity contribution in [3.63, 3.8) is 0 Å². The van der Waals surface area contributed by atoms with Crippen molar-refractivity contribution < 1.29 is 0 Å². The fourth-order valence-corrected chi connectivity index (χ4v) is 4.69. The van der Waals surface area contributed by atoms with E-state index in [1.807, 2.05) is 6.21 Å². The standard InChI is InChI=1S/C27H26N2/c1-18-10-15-26-25(16-18)23-8-5-9-24(23)27(29-26)20-11-13-22(14-12-20)28-17-21-7-4-3-6-19(21)2/h3-8,10-17,23-24,27,29H,9H2,1-2H3/t23-,24+,27+/m1/s1. The molecule has 0 fully saturated rings. The van der Waals surface area contributed by atoms with E-state index in [1.54, 1.807) is 0 Å². The number of nitrogens with zero attached hydrogens (tertiary/aromatic N) is 1. The van der Waals surface area contributed by atoms with Gasteiger partial charge in [-0.25, -0.2) is 0 Å². The number of fused-ring (bicyclic) bond motifs is 3. The van der Waals surface area contributed by atoms with E-state index in [0.717, 1.165) is 17.7 Å². The van der Waals surface area contributed by atoms with E-state index in [1.165, 1.54) is 27.9 Å². The molecule has 2 aliphatic rings. The van der Waals surface area contributed by atoms with Crippen molar-refractivity contribution in [3.05, 3.63) is 107 Å². The van der Waals surface area contributed by atoms with Gasteiger partial charge in [-0.15, -0.1) is 0 Å². The molecule has 2 heteroatoms. The van der Waals surface area contributed by atoms with Crippen molar-refractivity contribution in [2.75, 3.05) is 5.32 Å². The fraction of sp³-hybridized carbons (Fsp3) is 0.222. The minimum atomic E-state index is 0.333. The molecule has 1 aliphatic carbocycles. The van der Waals surface area contributed by atoms with Crippen molar-refractivity contribution in [1.29, 1.82) is 0 Å². The molecule has 2 nitrogen and oxygen atoms in total. The molecular weight excluding hydrogens is 352 g/mol. The first kappa shape index (κ1) is 17.9. The van der Waals surface area contributed by atoms with E-state index in [0.29, 0.717) is 17.9 Å². The molecule has 0 bridgehead atoms. The largest absolute Gasteiger partial charge is 0.378 e. The van der Waals surface area contributed by atoms with Gasteiger partial charge in [0, 0.05) is 17.8 Å². The molecule has 0 unspecified atom stereocenters. The molecule has 0 spiro atoms. The number of anilines is 1. The Morgan fingerprint density at radius 3 is 2.62 bits per heavy atom. The van der Waals surface area contributed by atoms with Gasteiger partial charge in [0.1, 0.15) is 0 Å². The molecule has 1 N–H and O–H groups in total. The average molecular weight is 379 g/mol. The molecule has 3 aromatic rings. The van der Waals surface area contributed by atoms with Crippen LogP contribution in [0.5, 0.6) is 0 Å². The van der Waals surface area contributed by atoms with E-state index in [2.05, 4.69) is 103 Å². The fourth-order valence-electron chi connectivity index (χ4n) is 4.69. The lowest BCUT2D eigenvalue weighted by Crippen LogP contribution is -2.29. The van der Waals surface area contributed by atoms with Crippen LogP contribution in [0.4, 0.5) is 11.4 Å². The van der Waals surface area contributed by atoms with Crippen molar-refractivity contribution in [2.24, 2.45) is 10.9 Å². The maximum absolute atomic E-state index is 4.68. The van der Waals surface area contributed by atoms with E-state index >= 15 is 0 Å². The van der Waals surface area contributed by atoms with Crippen LogP contribution in [0.2, 0.25) is 0 Å². The minimum Gasteiger partial charge on any atom is -0.378 e. The van der Waals surface area contributed by atoms with Gasteiger partial charge in [-0.2, -0.15) is 0 Å². The van der Waals surface area contributed by atoms with Gasteiger partial charge in [-0.05, 0) is 66.6 Å². The van der Waals surface area contributed by atoms with Gasteiger partial charge in [0.25, 0.3) is 0 Å². The third-order valence-corrected chi connectivity index (χ3v) is 6.31. The van der Waals surface area contributed by atoms with Crippen molar-refractivity contribution in [1.82, 2.24) is 0 Å². The van der Waals surface area contributed by atoms with Crippen molar-refractivity contribution >= 4 is 17.6 Å². The third kappa shape index (κ3) is 3.40. The summed E-state index contributed by atoms with van der Waals surface area (Å²) in [6.45, 7) is 4.29. The minimum absolute atomic E-state index is 0.333. The summed E-state index contributed by atoms with van der Waals surface area (Å²) in [7, 11) is 0. The van der Waals surface area contributed by atoms with Crippen LogP contribution in [0.25, 0.3) is 0 Å². The number of rotatable bonds is 3. The highest BCUT2D eigenvalue weighted by Crippen LogP contribution is 2.49. The molecule has 0 saturated heterocycles. The molecular formula is C27H26N2. The quantitative estimate of drug-likeness (QED) is 0.390. The molecule has 5 rings (SSSR count). The Bertz CT molecular complexity index is 1090. The number of nitrogens with one attached hydrogen (secondary N) is 1. The van der Waals surface area contributed by atoms with Gasteiger partial charge in [-0.3, -0.25) is 4.99 Å². The first-order valence-corrected chi connectivity index (χ1v) is 10.4. The van der Waals surface area contributed by atoms with Crippen LogP contribution >= 0.6 is 0 Å². The lowest BCUT2D eigenvalue weighted by atomic mass is 9.76. The second kappa shape index (κ2) is 7.36. The van der Waals surface area contributed by atoms with Crippen molar-refractivity contribution in [3.8, 4) is 0 Å². The molecule has 0 amide bonds. The highest BCUT2D eigenvalue weighted by molar-refractivity contribution is 5.83. The predicted molar refractivity (Wildman–Crippen MR) is 122 cm³/mol. The van der Waals surface area contributed by atoms with Crippen LogP contribution < -0.4 is 5.32 Å². The lowest BCUT2D eigenvalue weighted by Gasteiger charge is -2.37. The zero-order chi connectivity index (χ0) is 19.8. The molecule has 3 aromatic carbocycles. The maximum atomic E-state index is 4.68. The molecule has 0 aromatic heterocycles. The zero-order valence-electron chi connectivity index (χ0n) is 17.0. The Labute approximate surface area is 173 Å². The van der Waals surface area contributed by atoms with E-state index in [9.17, 15) is 0 Å². The molecule has 29 heavy (non-hydrogen) atoms. The summed E-state index contributed by atoms with van der Waals surface area (Å²) in [6.07, 6.45) is 7.83. The number of allylic oxidation sites excluding steroid dienone is 2. The smallest absolute Gasteiger partial charge is 0.0630 e. The Hall–Kier alpha value is -3.13. The molecule has 0 radical (unpaired) electrons. The molecule has 1 heterocycles. The van der Waals surface area contributed by atoms with Gasteiger partial charge >= 0.3 is 0 Å². The Morgan fingerprint density at radius 2 is 1.79 bits per heavy atom. The summed E-state index contributed by atoms with van der Waals surface area (Å²) >= 11 is 0. The van der Waals surface area contributed by atoms with Gasteiger partial charge in [0.2, 0.25) is 0 Å². The monoisotopic (exact) mass is 378 g/mol. The van der Waals surface area contributed by atoms with Crippen LogP contribution in [0, 0.1) is 19.8 Å². The summed E-state index contributed by atoms with van der Waals surface area (Å²) in [5, 5.41) is 3.82. The number of hydrogen-bond donors (Lipinski definition) is 1. The summed E-state index contributed by atoms with van der Waals surface area (Å²) in [4.78, 5) is 4.68. The topological polar surface area (TPSA) is 24.4 Å².